The van der Waals surface area contributed by atoms with Gasteiger partial charge in [-0.05, 0) is 51.6 Å². The number of carbonyl (C=O) groups excluding carboxylic acids is 2. The highest BCUT2D eigenvalue weighted by Crippen LogP contribution is 2.48. The second-order valence-electron chi connectivity index (χ2n) is 14.2. The predicted molar refractivity (Wildman–Crippen MR) is 213 cm³/mol. The molecule has 10 heteroatoms. The van der Waals surface area contributed by atoms with Gasteiger partial charge in [0.1, 0.15) is 13.1 Å². The third kappa shape index (κ3) is 8.52. The summed E-state index contributed by atoms with van der Waals surface area (Å²) in [6.45, 7) is 13.3. The van der Waals surface area contributed by atoms with Gasteiger partial charge in [0.05, 0.1) is 16.7 Å². The van der Waals surface area contributed by atoms with Crippen LogP contribution < -0.4 is 15.5 Å². The minimum Gasteiger partial charge on any atom is -0.400 e. The average Bonchev–Trinajstić information content (AvgIpc) is 3.45. The molecule has 278 valence electrons. The van der Waals surface area contributed by atoms with E-state index in [-0.39, 0.29) is 28.3 Å². The van der Waals surface area contributed by atoms with E-state index in [1.807, 2.05) is 24.3 Å². The molecule has 1 atom stereocenters. The number of hydrogen-bond donors (Lipinski definition) is 5. The lowest BCUT2D eigenvalue weighted by Gasteiger charge is -2.31. The number of allylic oxidation sites excluding steroid dienone is 5. The van der Waals surface area contributed by atoms with Crippen molar-refractivity contribution in [1.29, 1.82) is 0 Å². The molecule has 2 heterocycles. The molecule has 1 amide bonds. The van der Waals surface area contributed by atoms with Crippen molar-refractivity contribution >= 4 is 41.4 Å². The molecule has 1 unspecified atom stereocenters. The van der Waals surface area contributed by atoms with Gasteiger partial charge in [-0.2, -0.15) is 17.2 Å². The highest BCUT2D eigenvalue weighted by atomic mass is 32.1. The minimum atomic E-state index is -0.605. The van der Waals surface area contributed by atoms with Gasteiger partial charge in [0.2, 0.25) is 11.6 Å². The number of amides is 1. The first-order valence-corrected chi connectivity index (χ1v) is 18.5. The molecule has 0 radical (unpaired) electrons. The number of hydrogen-bond acceptors (Lipinski definition) is 8. The van der Waals surface area contributed by atoms with Gasteiger partial charge in [0.15, 0.2) is 11.5 Å². The molecule has 4 N–H and O–H groups in total. The van der Waals surface area contributed by atoms with Crippen molar-refractivity contribution in [3.63, 3.8) is 0 Å². The van der Waals surface area contributed by atoms with Crippen LogP contribution in [0.5, 0.6) is 0 Å². The summed E-state index contributed by atoms with van der Waals surface area (Å²) in [5.41, 5.74) is 8.08. The second-order valence-corrected chi connectivity index (χ2v) is 14.5. The summed E-state index contributed by atoms with van der Waals surface area (Å²) in [5, 5.41) is 20.6. The van der Waals surface area contributed by atoms with E-state index in [1.54, 1.807) is 0 Å². The summed E-state index contributed by atoms with van der Waals surface area (Å²) >= 11 is 4.58. The van der Waals surface area contributed by atoms with Crippen molar-refractivity contribution in [3.8, 4) is 0 Å². The van der Waals surface area contributed by atoms with Crippen LogP contribution in [0.15, 0.2) is 83.2 Å². The molecule has 2 aromatic carbocycles. The Labute approximate surface area is 311 Å². The van der Waals surface area contributed by atoms with Gasteiger partial charge in [-0.1, -0.05) is 70.0 Å². The van der Waals surface area contributed by atoms with Crippen LogP contribution in [0.1, 0.15) is 65.0 Å². The van der Waals surface area contributed by atoms with Crippen LogP contribution in [-0.2, 0) is 20.4 Å². The topological polar surface area (TPSA) is 108 Å². The standard InChI is InChI=1S/C39H51N5O2S.2CH4O/c1-9-10-15-21-42(6)22-20-40-37(46)30(25-47)41-35-26(23-33-38(2,3)28-16-11-13-18-31(28)43(33)7)36(45)27(35)24-34-39(4,5)29-17-12-14-19-32(29)44(34)8;2*1-2/h11-14,16-19,23-24,30,41H,9-10,15,20-22,25H2,1-8H3,(H-,40,46,47);2*2H,1H3/p+1. The van der Waals surface area contributed by atoms with E-state index in [0.717, 1.165) is 56.5 Å². The Morgan fingerprint density at radius 2 is 1.59 bits per heavy atom. The molecule has 5 rings (SSSR count). The van der Waals surface area contributed by atoms with Gasteiger partial charge >= 0.3 is 0 Å². The fourth-order valence-corrected chi connectivity index (χ4v) is 7.54. The monoisotopic (exact) mass is 718 g/mol. The van der Waals surface area contributed by atoms with Crippen molar-refractivity contribution in [2.24, 2.45) is 0 Å². The van der Waals surface area contributed by atoms with E-state index in [4.69, 9.17) is 10.2 Å². The zero-order chi connectivity index (χ0) is 38.1. The Bertz CT molecular complexity index is 1690. The van der Waals surface area contributed by atoms with Gasteiger partial charge in [0, 0.05) is 80.2 Å². The van der Waals surface area contributed by atoms with Crippen LogP contribution in [-0.4, -0.2) is 104 Å². The maximum Gasteiger partial charge on any atom is 0.243 e. The number of aliphatic hydroxyl groups excluding tert-OH is 2. The number of para-hydroxylation sites is 2. The molecule has 9 nitrogen and oxygen atoms in total. The summed E-state index contributed by atoms with van der Waals surface area (Å²) in [6.07, 6.45) is 7.59. The van der Waals surface area contributed by atoms with E-state index >= 15 is 0 Å². The number of anilines is 1. The number of Topliss-reactive ketones (excluding diaryl/α,β-unsaturated/α-hetero) is 1. The molecule has 2 aliphatic heterocycles. The Morgan fingerprint density at radius 3 is 2.20 bits per heavy atom. The van der Waals surface area contributed by atoms with Crippen molar-refractivity contribution in [2.75, 3.05) is 65.6 Å². The maximum absolute atomic E-state index is 14.1. The lowest BCUT2D eigenvalue weighted by atomic mass is 9.77. The van der Waals surface area contributed by atoms with Crippen LogP contribution in [0.25, 0.3) is 0 Å². The fourth-order valence-electron chi connectivity index (χ4n) is 7.28. The predicted octanol–water partition coefficient (Wildman–Crippen LogP) is 5.11. The van der Waals surface area contributed by atoms with Crippen molar-refractivity contribution in [2.45, 2.75) is 70.8 Å². The third-order valence-corrected chi connectivity index (χ3v) is 10.6. The molecule has 0 aromatic heterocycles. The van der Waals surface area contributed by atoms with Gasteiger partial charge in [-0.25, -0.2) is 0 Å². The van der Waals surface area contributed by atoms with Crippen molar-refractivity contribution in [1.82, 2.24) is 15.5 Å². The number of nitrogens with zero attached hydrogens (tertiary/aromatic N) is 3. The van der Waals surface area contributed by atoms with E-state index in [9.17, 15) is 9.59 Å². The molecular weight excluding hydrogens is 659 g/mol. The number of carbonyl (C=O) groups is 2. The number of rotatable bonds is 13. The number of unbranched alkanes of at least 4 members (excludes halogenated alkanes) is 2. The Kier molecular flexibility index (Phi) is 14.9. The van der Waals surface area contributed by atoms with E-state index in [2.05, 4.69) is 130 Å². The van der Waals surface area contributed by atoms with E-state index < -0.39 is 6.04 Å². The SMILES string of the molecule is CCCCCN(C)CCNC(=O)C(CS)NC1=C(/C=C2/N(C)c3ccccc3C2(C)C)C(=O)/C1=C\C1=[N+](C)c2ccccc2C1(C)C.CO.CO. The van der Waals surface area contributed by atoms with Gasteiger partial charge in [-0.3, -0.25) is 9.59 Å². The van der Waals surface area contributed by atoms with E-state index in [1.165, 1.54) is 24.0 Å². The number of fused-ring (bicyclic) bond motifs is 2. The summed E-state index contributed by atoms with van der Waals surface area (Å²) in [6, 6.07) is 16.2. The summed E-state index contributed by atoms with van der Waals surface area (Å²) in [5.74, 6) is 0.140. The molecule has 0 saturated carbocycles. The van der Waals surface area contributed by atoms with Crippen LogP contribution >= 0.6 is 12.6 Å². The number of nitrogens with one attached hydrogen (secondary N) is 2. The zero-order valence-corrected chi connectivity index (χ0v) is 33.2. The van der Waals surface area contributed by atoms with Crippen LogP contribution in [0.3, 0.4) is 0 Å². The number of thiol groups is 1. The first-order chi connectivity index (χ1) is 24.3. The maximum atomic E-state index is 14.1. The molecule has 1 aliphatic carbocycles. The number of likely N-dealkylation sites (N-methyl/N-ethyl adjacent to an activating group) is 2. The van der Waals surface area contributed by atoms with Crippen LogP contribution in [0.2, 0.25) is 0 Å². The third-order valence-electron chi connectivity index (χ3n) is 10.2. The summed E-state index contributed by atoms with van der Waals surface area (Å²) in [7, 11) is 8.20. The molecule has 3 aliphatic rings. The normalized spacial score (nSPS) is 18.9. The number of aliphatic hydroxyl groups is 2. The average molecular weight is 719 g/mol. The Hall–Kier alpha value is -3.70. The van der Waals surface area contributed by atoms with E-state index in [0.29, 0.717) is 23.4 Å². The quantitative estimate of drug-likeness (QED) is 0.0849. The Balaban J connectivity index is 0.00000169. The van der Waals surface area contributed by atoms with Gasteiger partial charge in [-0.15, -0.1) is 0 Å². The smallest absolute Gasteiger partial charge is 0.243 e. The molecule has 0 spiro atoms. The highest BCUT2D eigenvalue weighted by Gasteiger charge is 2.46. The van der Waals surface area contributed by atoms with Gasteiger partial charge in [0.25, 0.3) is 0 Å². The first kappa shape index (κ1) is 41.7. The minimum absolute atomic E-state index is 0.0279. The lowest BCUT2D eigenvalue weighted by Crippen LogP contribution is -2.49. The van der Waals surface area contributed by atoms with Gasteiger partial charge < -0.3 is 30.6 Å². The highest BCUT2D eigenvalue weighted by molar-refractivity contribution is 7.80. The molecule has 51 heavy (non-hydrogen) atoms. The first-order valence-electron chi connectivity index (χ1n) is 17.8. The molecule has 0 saturated heterocycles. The second kappa shape index (κ2) is 18.2. The Morgan fingerprint density at radius 1 is 0.961 bits per heavy atom. The largest absolute Gasteiger partial charge is 0.400 e. The number of benzene rings is 2. The molecule has 2 aromatic rings. The number of ketones is 1. The summed E-state index contributed by atoms with van der Waals surface area (Å²) in [4.78, 5) is 32.0. The van der Waals surface area contributed by atoms with Crippen LogP contribution in [0, 0.1) is 0 Å². The molecule has 0 bridgehead atoms. The summed E-state index contributed by atoms with van der Waals surface area (Å²) < 4.78 is 2.17. The lowest BCUT2D eigenvalue weighted by molar-refractivity contribution is -0.401. The zero-order valence-electron chi connectivity index (χ0n) is 32.3. The van der Waals surface area contributed by atoms with Crippen molar-refractivity contribution < 1.29 is 24.4 Å². The van der Waals surface area contributed by atoms with Crippen LogP contribution in [0.4, 0.5) is 11.4 Å². The fraction of sp³-hybridized carbons (Fsp3) is 0.488. The molecular formula is C41H60N5O4S+. The molecule has 0 fully saturated rings. The van der Waals surface area contributed by atoms with Crippen molar-refractivity contribution in [3.05, 3.63) is 94.4 Å².